The molecule has 4 heteroatoms. The van der Waals surface area contributed by atoms with Gasteiger partial charge in [-0.3, -0.25) is 9.69 Å². The largest absolute Gasteiger partial charge is 0.376 e. The number of hydrogen-bond acceptors (Lipinski definition) is 3. The molecule has 1 saturated heterocycles. The number of carbonyl (C=O) groups excluding carboxylic acids is 1. The van der Waals surface area contributed by atoms with Gasteiger partial charge < -0.3 is 10.5 Å². The first kappa shape index (κ1) is 10.5. The molecule has 0 bridgehead atoms. The fraction of sp³-hybridized carbons (Fsp3) is 0.889. The molecule has 2 unspecified atom stereocenters. The van der Waals surface area contributed by atoms with Crippen molar-refractivity contribution in [3.63, 3.8) is 0 Å². The Morgan fingerprint density at radius 3 is 2.92 bits per heavy atom. The molecular weight excluding hydrogens is 168 g/mol. The Bertz CT molecular complexity index is 184. The molecule has 1 aliphatic heterocycles. The third kappa shape index (κ3) is 2.97. The SMILES string of the molecule is CCC1COC(C)CN1CC(N)=O. The number of morpholine rings is 1. The standard InChI is InChI=1S/C9H18N2O2/c1-3-8-6-13-7(2)4-11(8)5-9(10)12/h7-8H,3-6H2,1-2H3,(H2,10,12). The normalized spacial score (nSPS) is 30.3. The fourth-order valence-corrected chi connectivity index (χ4v) is 1.68. The third-order valence-corrected chi connectivity index (χ3v) is 2.41. The van der Waals surface area contributed by atoms with Crippen LogP contribution < -0.4 is 5.73 Å². The summed E-state index contributed by atoms with van der Waals surface area (Å²) in [6.07, 6.45) is 1.21. The molecule has 4 nitrogen and oxygen atoms in total. The Morgan fingerprint density at radius 1 is 1.69 bits per heavy atom. The van der Waals surface area contributed by atoms with Crippen molar-refractivity contribution in [1.82, 2.24) is 4.90 Å². The van der Waals surface area contributed by atoms with Gasteiger partial charge in [-0.2, -0.15) is 0 Å². The summed E-state index contributed by atoms with van der Waals surface area (Å²) in [5, 5.41) is 0. The monoisotopic (exact) mass is 186 g/mol. The maximum absolute atomic E-state index is 10.8. The summed E-state index contributed by atoms with van der Waals surface area (Å²) in [5.41, 5.74) is 5.16. The van der Waals surface area contributed by atoms with Crippen molar-refractivity contribution in [2.75, 3.05) is 19.7 Å². The van der Waals surface area contributed by atoms with Crippen LogP contribution in [0, 0.1) is 0 Å². The number of amides is 1. The van der Waals surface area contributed by atoms with Gasteiger partial charge in [0.05, 0.1) is 19.3 Å². The van der Waals surface area contributed by atoms with Gasteiger partial charge in [0.15, 0.2) is 0 Å². The van der Waals surface area contributed by atoms with E-state index in [1.54, 1.807) is 0 Å². The van der Waals surface area contributed by atoms with E-state index in [-0.39, 0.29) is 12.0 Å². The Balaban J connectivity index is 2.49. The predicted octanol–water partition coefficient (Wildman–Crippen LogP) is -0.0290. The summed E-state index contributed by atoms with van der Waals surface area (Å²) >= 11 is 0. The van der Waals surface area contributed by atoms with Gasteiger partial charge in [-0.25, -0.2) is 0 Å². The van der Waals surface area contributed by atoms with Crippen LogP contribution in [0.25, 0.3) is 0 Å². The van der Waals surface area contributed by atoms with Crippen LogP contribution in [0.1, 0.15) is 20.3 Å². The van der Waals surface area contributed by atoms with Gasteiger partial charge >= 0.3 is 0 Å². The molecule has 13 heavy (non-hydrogen) atoms. The second-order valence-corrected chi connectivity index (χ2v) is 3.60. The highest BCUT2D eigenvalue weighted by Crippen LogP contribution is 2.13. The number of rotatable bonds is 3. The third-order valence-electron chi connectivity index (χ3n) is 2.41. The Hall–Kier alpha value is -0.610. The van der Waals surface area contributed by atoms with Crippen molar-refractivity contribution in [2.45, 2.75) is 32.4 Å². The molecule has 1 fully saturated rings. The molecule has 1 amide bonds. The smallest absolute Gasteiger partial charge is 0.231 e. The molecule has 0 aromatic rings. The lowest BCUT2D eigenvalue weighted by Crippen LogP contribution is -2.51. The summed E-state index contributed by atoms with van der Waals surface area (Å²) in [7, 11) is 0. The zero-order valence-corrected chi connectivity index (χ0v) is 8.32. The summed E-state index contributed by atoms with van der Waals surface area (Å²) in [5.74, 6) is -0.257. The number of primary amides is 1. The molecular formula is C9H18N2O2. The molecule has 2 N–H and O–H groups in total. The van der Waals surface area contributed by atoms with Crippen LogP contribution in [-0.2, 0) is 9.53 Å². The van der Waals surface area contributed by atoms with E-state index >= 15 is 0 Å². The summed E-state index contributed by atoms with van der Waals surface area (Å²) in [4.78, 5) is 12.9. The van der Waals surface area contributed by atoms with Gasteiger partial charge in [0.25, 0.3) is 0 Å². The number of hydrogen-bond donors (Lipinski definition) is 1. The highest BCUT2D eigenvalue weighted by molar-refractivity contribution is 5.75. The van der Waals surface area contributed by atoms with Crippen molar-refractivity contribution in [3.05, 3.63) is 0 Å². The van der Waals surface area contributed by atoms with E-state index in [1.165, 1.54) is 0 Å². The van der Waals surface area contributed by atoms with Gasteiger partial charge in [0.1, 0.15) is 0 Å². The Labute approximate surface area is 79.0 Å². The zero-order chi connectivity index (χ0) is 9.84. The van der Waals surface area contributed by atoms with Gasteiger partial charge in [-0.15, -0.1) is 0 Å². The topological polar surface area (TPSA) is 55.6 Å². The molecule has 2 atom stereocenters. The molecule has 0 spiro atoms. The van der Waals surface area contributed by atoms with Gasteiger partial charge in [0, 0.05) is 12.6 Å². The van der Waals surface area contributed by atoms with Crippen molar-refractivity contribution >= 4 is 5.91 Å². The number of ether oxygens (including phenoxy) is 1. The molecule has 76 valence electrons. The summed E-state index contributed by atoms with van der Waals surface area (Å²) in [6, 6.07) is 0.351. The maximum Gasteiger partial charge on any atom is 0.231 e. The zero-order valence-electron chi connectivity index (χ0n) is 8.32. The average molecular weight is 186 g/mol. The minimum absolute atomic E-state index is 0.210. The van der Waals surface area contributed by atoms with Crippen LogP contribution in [0.15, 0.2) is 0 Å². The molecule has 1 aliphatic rings. The Kier molecular flexibility index (Phi) is 3.69. The molecule has 1 heterocycles. The van der Waals surface area contributed by atoms with Crippen LogP contribution in [0.5, 0.6) is 0 Å². The highest BCUT2D eigenvalue weighted by Gasteiger charge is 2.26. The number of nitrogens with zero attached hydrogens (tertiary/aromatic N) is 1. The van der Waals surface area contributed by atoms with Crippen molar-refractivity contribution in [3.8, 4) is 0 Å². The molecule has 0 aromatic carbocycles. The van der Waals surface area contributed by atoms with Crippen LogP contribution in [-0.4, -0.2) is 42.6 Å². The van der Waals surface area contributed by atoms with Gasteiger partial charge in [-0.1, -0.05) is 6.92 Å². The fourth-order valence-electron chi connectivity index (χ4n) is 1.68. The van der Waals surface area contributed by atoms with E-state index in [0.29, 0.717) is 19.2 Å². The van der Waals surface area contributed by atoms with E-state index in [2.05, 4.69) is 11.8 Å². The lowest BCUT2D eigenvalue weighted by molar-refractivity contribution is -0.123. The quantitative estimate of drug-likeness (QED) is 0.673. The molecule has 0 aliphatic carbocycles. The second kappa shape index (κ2) is 4.58. The highest BCUT2D eigenvalue weighted by atomic mass is 16.5. The lowest BCUT2D eigenvalue weighted by atomic mass is 10.1. The number of nitrogens with two attached hydrogens (primary N) is 1. The van der Waals surface area contributed by atoms with Crippen LogP contribution >= 0.6 is 0 Å². The van der Waals surface area contributed by atoms with Crippen LogP contribution in [0.2, 0.25) is 0 Å². The minimum atomic E-state index is -0.257. The minimum Gasteiger partial charge on any atom is -0.376 e. The first-order valence-corrected chi connectivity index (χ1v) is 4.77. The van der Waals surface area contributed by atoms with E-state index < -0.39 is 0 Å². The average Bonchev–Trinajstić information content (AvgIpc) is 2.03. The predicted molar refractivity (Wildman–Crippen MR) is 50.3 cm³/mol. The van der Waals surface area contributed by atoms with Crippen molar-refractivity contribution < 1.29 is 9.53 Å². The van der Waals surface area contributed by atoms with E-state index in [0.717, 1.165) is 13.0 Å². The molecule has 0 saturated carbocycles. The lowest BCUT2D eigenvalue weighted by Gasteiger charge is -2.37. The van der Waals surface area contributed by atoms with E-state index in [9.17, 15) is 4.79 Å². The van der Waals surface area contributed by atoms with Gasteiger partial charge in [-0.05, 0) is 13.3 Å². The maximum atomic E-state index is 10.8. The molecule has 0 radical (unpaired) electrons. The summed E-state index contributed by atoms with van der Waals surface area (Å²) in [6.45, 7) is 5.98. The Morgan fingerprint density at radius 2 is 2.38 bits per heavy atom. The summed E-state index contributed by atoms with van der Waals surface area (Å²) < 4.78 is 5.50. The molecule has 1 rings (SSSR count). The first-order chi connectivity index (χ1) is 6.13. The number of carbonyl (C=O) groups is 1. The van der Waals surface area contributed by atoms with E-state index in [1.807, 2.05) is 6.92 Å². The van der Waals surface area contributed by atoms with Crippen molar-refractivity contribution in [1.29, 1.82) is 0 Å². The van der Waals surface area contributed by atoms with Gasteiger partial charge in [0.2, 0.25) is 5.91 Å². The first-order valence-electron chi connectivity index (χ1n) is 4.77. The van der Waals surface area contributed by atoms with Crippen molar-refractivity contribution in [2.24, 2.45) is 5.73 Å². The molecule has 0 aromatic heterocycles. The van der Waals surface area contributed by atoms with Crippen LogP contribution in [0.4, 0.5) is 0 Å². The second-order valence-electron chi connectivity index (χ2n) is 3.60. The van der Waals surface area contributed by atoms with E-state index in [4.69, 9.17) is 10.5 Å². The van der Waals surface area contributed by atoms with Crippen LogP contribution in [0.3, 0.4) is 0 Å².